The van der Waals surface area contributed by atoms with E-state index in [2.05, 4.69) is 5.32 Å². The number of hydrogen-bond acceptors (Lipinski definition) is 3. The summed E-state index contributed by atoms with van der Waals surface area (Å²) in [5.74, 6) is 0.726. The summed E-state index contributed by atoms with van der Waals surface area (Å²) in [6.07, 6.45) is 0.525. The van der Waals surface area contributed by atoms with Crippen LogP contribution in [-0.4, -0.2) is 24.6 Å². The number of rotatable bonds is 7. The van der Waals surface area contributed by atoms with Gasteiger partial charge in [-0.1, -0.05) is 48.5 Å². The molecular formula is C20H27ClN2O2. The van der Waals surface area contributed by atoms with Gasteiger partial charge in [0.1, 0.15) is 12.4 Å². The van der Waals surface area contributed by atoms with Gasteiger partial charge in [-0.3, -0.25) is 4.79 Å². The molecule has 136 valence electrons. The van der Waals surface area contributed by atoms with Crippen LogP contribution in [0.15, 0.2) is 48.5 Å². The van der Waals surface area contributed by atoms with Crippen molar-refractivity contribution in [2.45, 2.75) is 39.3 Å². The third-order valence-electron chi connectivity index (χ3n) is 3.91. The van der Waals surface area contributed by atoms with Crippen molar-refractivity contribution in [3.8, 4) is 5.75 Å². The van der Waals surface area contributed by atoms with Gasteiger partial charge in [-0.05, 0) is 43.9 Å². The molecule has 1 unspecified atom stereocenters. The zero-order chi connectivity index (χ0) is 17.5. The van der Waals surface area contributed by atoms with Gasteiger partial charge in [0.15, 0.2) is 0 Å². The number of carbonyl (C=O) groups excluding carboxylic acids is 1. The maximum Gasteiger partial charge on any atom is 0.237 e. The number of para-hydroxylation sites is 1. The van der Waals surface area contributed by atoms with Gasteiger partial charge in [0.25, 0.3) is 0 Å². The van der Waals surface area contributed by atoms with Crippen molar-refractivity contribution < 1.29 is 9.53 Å². The Bertz CT molecular complexity index is 656. The molecule has 5 heteroatoms. The highest BCUT2D eigenvalue weighted by Crippen LogP contribution is 2.22. The molecule has 0 bridgehead atoms. The van der Waals surface area contributed by atoms with Crippen molar-refractivity contribution in [2.24, 2.45) is 5.73 Å². The van der Waals surface area contributed by atoms with Crippen LogP contribution in [0.1, 0.15) is 23.6 Å². The van der Waals surface area contributed by atoms with Crippen molar-refractivity contribution in [3.05, 3.63) is 65.2 Å². The predicted octanol–water partition coefficient (Wildman–Crippen LogP) is 3.18. The van der Waals surface area contributed by atoms with Crippen LogP contribution >= 0.6 is 12.4 Å². The zero-order valence-electron chi connectivity index (χ0n) is 15.0. The topological polar surface area (TPSA) is 64.3 Å². The quantitative estimate of drug-likeness (QED) is 0.795. The summed E-state index contributed by atoms with van der Waals surface area (Å²) >= 11 is 0. The van der Waals surface area contributed by atoms with E-state index in [0.717, 1.165) is 22.4 Å². The molecule has 0 aliphatic heterocycles. The van der Waals surface area contributed by atoms with Crippen LogP contribution < -0.4 is 15.8 Å². The van der Waals surface area contributed by atoms with Crippen molar-refractivity contribution in [1.29, 1.82) is 0 Å². The molecule has 0 heterocycles. The lowest BCUT2D eigenvalue weighted by Crippen LogP contribution is -2.47. The highest BCUT2D eigenvalue weighted by molar-refractivity contribution is 5.85. The zero-order valence-corrected chi connectivity index (χ0v) is 15.8. The smallest absolute Gasteiger partial charge is 0.237 e. The molecule has 4 nitrogen and oxygen atoms in total. The fourth-order valence-electron chi connectivity index (χ4n) is 2.59. The minimum atomic E-state index is -0.560. The first-order valence-electron chi connectivity index (χ1n) is 8.26. The first-order chi connectivity index (χ1) is 11.5. The van der Waals surface area contributed by atoms with Crippen molar-refractivity contribution in [1.82, 2.24) is 5.32 Å². The predicted molar refractivity (Wildman–Crippen MR) is 104 cm³/mol. The Hall–Kier alpha value is -2.04. The Kier molecular flexibility index (Phi) is 8.46. The van der Waals surface area contributed by atoms with Gasteiger partial charge in [0.2, 0.25) is 5.91 Å². The summed E-state index contributed by atoms with van der Waals surface area (Å²) in [5, 5.41) is 2.92. The number of nitrogens with one attached hydrogen (secondary N) is 1. The van der Waals surface area contributed by atoms with Gasteiger partial charge in [0, 0.05) is 0 Å². The first-order valence-corrected chi connectivity index (χ1v) is 8.26. The van der Waals surface area contributed by atoms with E-state index in [1.807, 2.05) is 69.3 Å². The second-order valence-electron chi connectivity index (χ2n) is 6.24. The number of carbonyl (C=O) groups is 1. The largest absolute Gasteiger partial charge is 0.491 e. The fraction of sp³-hybridized carbons (Fsp3) is 0.350. The molecule has 0 saturated carbocycles. The second-order valence-corrected chi connectivity index (χ2v) is 6.24. The third kappa shape index (κ3) is 6.40. The van der Waals surface area contributed by atoms with E-state index in [1.165, 1.54) is 0 Å². The second kappa shape index (κ2) is 10.1. The lowest BCUT2D eigenvalue weighted by Gasteiger charge is -2.19. The van der Waals surface area contributed by atoms with Gasteiger partial charge >= 0.3 is 0 Å². The molecule has 0 spiro atoms. The van der Waals surface area contributed by atoms with Gasteiger partial charge in [-0.15, -0.1) is 12.4 Å². The molecule has 3 N–H and O–H groups in total. The van der Waals surface area contributed by atoms with Gasteiger partial charge in [0.05, 0.1) is 12.1 Å². The molecule has 2 aromatic rings. The summed E-state index contributed by atoms with van der Waals surface area (Å²) in [4.78, 5) is 12.2. The van der Waals surface area contributed by atoms with Crippen LogP contribution in [0.4, 0.5) is 0 Å². The molecule has 0 aliphatic carbocycles. The van der Waals surface area contributed by atoms with Crippen LogP contribution in [0.5, 0.6) is 5.75 Å². The fourth-order valence-corrected chi connectivity index (χ4v) is 2.59. The van der Waals surface area contributed by atoms with Crippen LogP contribution in [-0.2, 0) is 11.2 Å². The molecule has 0 aliphatic rings. The lowest BCUT2D eigenvalue weighted by molar-refractivity contribution is -0.123. The van der Waals surface area contributed by atoms with E-state index >= 15 is 0 Å². The molecule has 2 rings (SSSR count). The Morgan fingerprint density at radius 3 is 2.28 bits per heavy atom. The van der Waals surface area contributed by atoms with Crippen LogP contribution in [0.25, 0.3) is 0 Å². The van der Waals surface area contributed by atoms with Crippen molar-refractivity contribution >= 4 is 18.3 Å². The molecule has 2 atom stereocenters. The number of benzene rings is 2. The summed E-state index contributed by atoms with van der Waals surface area (Å²) in [7, 11) is 0. The Morgan fingerprint density at radius 2 is 1.68 bits per heavy atom. The summed E-state index contributed by atoms with van der Waals surface area (Å²) in [6.45, 7) is 6.36. The Balaban J connectivity index is 0.00000312. The van der Waals surface area contributed by atoms with E-state index in [9.17, 15) is 4.79 Å². The number of nitrogens with two attached hydrogens (primary N) is 1. The normalized spacial score (nSPS) is 12.6. The van der Waals surface area contributed by atoms with E-state index < -0.39 is 6.04 Å². The number of hydrogen-bond donors (Lipinski definition) is 2. The van der Waals surface area contributed by atoms with Crippen molar-refractivity contribution in [2.75, 3.05) is 6.61 Å². The Morgan fingerprint density at radius 1 is 1.08 bits per heavy atom. The van der Waals surface area contributed by atoms with Crippen LogP contribution in [0.3, 0.4) is 0 Å². The van der Waals surface area contributed by atoms with E-state index in [0.29, 0.717) is 13.0 Å². The van der Waals surface area contributed by atoms with E-state index in [-0.39, 0.29) is 24.4 Å². The first kappa shape index (κ1) is 21.0. The molecule has 0 radical (unpaired) electrons. The number of amides is 1. The monoisotopic (exact) mass is 362 g/mol. The van der Waals surface area contributed by atoms with Crippen molar-refractivity contribution in [3.63, 3.8) is 0 Å². The van der Waals surface area contributed by atoms with Crippen LogP contribution in [0.2, 0.25) is 0 Å². The number of ether oxygens (including phenoxy) is 1. The maximum absolute atomic E-state index is 12.2. The average molecular weight is 363 g/mol. The van der Waals surface area contributed by atoms with Gasteiger partial charge in [-0.2, -0.15) is 0 Å². The minimum absolute atomic E-state index is 0. The highest BCUT2D eigenvalue weighted by atomic mass is 35.5. The molecule has 2 aromatic carbocycles. The summed E-state index contributed by atoms with van der Waals surface area (Å²) < 4.78 is 5.87. The number of aryl methyl sites for hydroxylation is 2. The third-order valence-corrected chi connectivity index (χ3v) is 3.91. The highest BCUT2D eigenvalue weighted by Gasteiger charge is 2.17. The SMILES string of the molecule is Cc1cccc(C)c1OCC(C)NC(=O)[C@@H](N)Cc1ccccc1.Cl. The number of halogens is 1. The molecule has 0 aromatic heterocycles. The molecule has 0 saturated heterocycles. The standard InChI is InChI=1S/C20H26N2O2.ClH/c1-14-8-7-9-15(2)19(14)24-13-16(3)22-20(23)18(21)12-17-10-5-4-6-11-17;/h4-11,16,18H,12-13,21H2,1-3H3,(H,22,23);1H/t16?,18-;/m0./s1. The average Bonchev–Trinajstić information content (AvgIpc) is 2.55. The van der Waals surface area contributed by atoms with Crippen LogP contribution in [0, 0.1) is 13.8 Å². The molecule has 25 heavy (non-hydrogen) atoms. The molecule has 1 amide bonds. The summed E-state index contributed by atoms with van der Waals surface area (Å²) in [6, 6.07) is 15.1. The van der Waals surface area contributed by atoms with E-state index in [1.54, 1.807) is 0 Å². The van der Waals surface area contributed by atoms with Gasteiger partial charge < -0.3 is 15.8 Å². The molecular weight excluding hydrogens is 336 g/mol. The molecule has 0 fully saturated rings. The summed E-state index contributed by atoms with van der Waals surface area (Å²) in [5.41, 5.74) is 9.24. The maximum atomic E-state index is 12.2. The van der Waals surface area contributed by atoms with Gasteiger partial charge in [-0.25, -0.2) is 0 Å². The van der Waals surface area contributed by atoms with E-state index in [4.69, 9.17) is 10.5 Å². The Labute approximate surface area is 156 Å². The minimum Gasteiger partial charge on any atom is -0.491 e. The lowest BCUT2D eigenvalue weighted by atomic mass is 10.1.